The van der Waals surface area contributed by atoms with Crippen molar-refractivity contribution in [1.82, 2.24) is 19.3 Å². The largest absolute Gasteiger partial charge is 0.496 e. The van der Waals surface area contributed by atoms with Crippen molar-refractivity contribution in [3.05, 3.63) is 53.0 Å². The fourth-order valence-corrected chi connectivity index (χ4v) is 6.57. The summed E-state index contributed by atoms with van der Waals surface area (Å²) >= 11 is 1.06. The summed E-state index contributed by atoms with van der Waals surface area (Å²) in [6.45, 7) is 2.63. The lowest BCUT2D eigenvalue weighted by Crippen LogP contribution is -2.32. The van der Waals surface area contributed by atoms with Crippen molar-refractivity contribution in [3.63, 3.8) is 0 Å². The third-order valence-electron chi connectivity index (χ3n) is 6.27. The number of anilines is 1. The smallest absolute Gasteiger partial charge is 0.278 e. The minimum Gasteiger partial charge on any atom is -0.496 e. The van der Waals surface area contributed by atoms with E-state index in [0.717, 1.165) is 11.3 Å². The molecule has 40 heavy (non-hydrogen) atoms. The van der Waals surface area contributed by atoms with Gasteiger partial charge in [-0.1, -0.05) is 0 Å². The van der Waals surface area contributed by atoms with Crippen molar-refractivity contribution >= 4 is 44.0 Å². The lowest BCUT2D eigenvalue weighted by Gasteiger charge is -2.11. The first-order valence-electron chi connectivity index (χ1n) is 12.4. The summed E-state index contributed by atoms with van der Waals surface area (Å²) in [4.78, 5) is 22.0. The SMILES string of the molecule is CCOc1cc(-c2cc(NCCn3c(C#N)cc4c(OC)ccc(F)c43)ncn2)sc1C(=O)NS(=O)(=O)C1CC1. The van der Waals surface area contributed by atoms with Gasteiger partial charge in [0.2, 0.25) is 10.0 Å². The van der Waals surface area contributed by atoms with E-state index >= 15 is 0 Å². The van der Waals surface area contributed by atoms with Crippen molar-refractivity contribution in [2.24, 2.45) is 0 Å². The summed E-state index contributed by atoms with van der Waals surface area (Å²) in [5.74, 6) is -0.00305. The molecule has 14 heteroatoms. The number of amides is 1. The van der Waals surface area contributed by atoms with Crippen molar-refractivity contribution in [3.8, 4) is 28.1 Å². The fourth-order valence-electron chi connectivity index (χ4n) is 4.26. The van der Waals surface area contributed by atoms with Gasteiger partial charge in [-0.25, -0.2) is 27.5 Å². The number of methoxy groups -OCH3 is 1. The van der Waals surface area contributed by atoms with Crippen molar-refractivity contribution in [2.45, 2.75) is 31.6 Å². The van der Waals surface area contributed by atoms with Crippen LogP contribution in [0.1, 0.15) is 35.1 Å². The number of thiophene rings is 1. The van der Waals surface area contributed by atoms with Gasteiger partial charge in [0.05, 0.1) is 35.1 Å². The second kappa shape index (κ2) is 11.1. The molecule has 1 aliphatic carbocycles. The summed E-state index contributed by atoms with van der Waals surface area (Å²) in [7, 11) is -2.23. The van der Waals surface area contributed by atoms with E-state index in [9.17, 15) is 22.9 Å². The number of nitriles is 1. The number of fused-ring (bicyclic) bond motifs is 1. The lowest BCUT2D eigenvalue weighted by atomic mass is 10.2. The Balaban J connectivity index is 1.34. The maximum Gasteiger partial charge on any atom is 0.278 e. The van der Waals surface area contributed by atoms with Crippen LogP contribution in [0.15, 0.2) is 36.7 Å². The topological polar surface area (TPSA) is 148 Å². The first-order valence-corrected chi connectivity index (χ1v) is 14.8. The van der Waals surface area contributed by atoms with E-state index < -0.39 is 27.0 Å². The molecule has 1 aliphatic rings. The zero-order valence-corrected chi connectivity index (χ0v) is 23.2. The number of carbonyl (C=O) groups excluding carboxylic acids is 1. The summed E-state index contributed by atoms with van der Waals surface area (Å²) < 4.78 is 53.9. The average Bonchev–Trinajstić information content (AvgIpc) is 3.62. The molecule has 0 saturated heterocycles. The number of benzene rings is 1. The third kappa shape index (κ3) is 5.43. The molecule has 11 nitrogen and oxygen atoms in total. The number of aromatic nitrogens is 3. The van der Waals surface area contributed by atoms with Gasteiger partial charge in [0, 0.05) is 30.6 Å². The van der Waals surface area contributed by atoms with Gasteiger partial charge in [-0.05, 0) is 38.0 Å². The second-order valence-electron chi connectivity index (χ2n) is 8.93. The van der Waals surface area contributed by atoms with Crippen LogP contribution in [-0.2, 0) is 16.6 Å². The second-order valence-corrected chi connectivity index (χ2v) is 11.9. The quantitative estimate of drug-likeness (QED) is 0.268. The molecule has 0 aliphatic heterocycles. The summed E-state index contributed by atoms with van der Waals surface area (Å²) in [5.41, 5.74) is 1.06. The monoisotopic (exact) mass is 584 g/mol. The molecule has 2 N–H and O–H groups in total. The van der Waals surface area contributed by atoms with E-state index in [1.807, 2.05) is 0 Å². The maximum atomic E-state index is 14.7. The van der Waals surface area contributed by atoms with Gasteiger partial charge in [0.15, 0.2) is 0 Å². The van der Waals surface area contributed by atoms with E-state index in [2.05, 4.69) is 26.1 Å². The molecule has 0 radical (unpaired) electrons. The molecule has 5 rings (SSSR count). The Morgan fingerprint density at radius 2 is 2.05 bits per heavy atom. The average molecular weight is 585 g/mol. The fraction of sp³-hybridized carbons (Fsp3) is 0.308. The van der Waals surface area contributed by atoms with Crippen LogP contribution in [0.4, 0.5) is 10.2 Å². The molecule has 4 aromatic rings. The Morgan fingerprint density at radius 1 is 1.25 bits per heavy atom. The number of halogens is 1. The van der Waals surface area contributed by atoms with Crippen molar-refractivity contribution in [2.75, 3.05) is 25.6 Å². The summed E-state index contributed by atoms with van der Waals surface area (Å²) in [5, 5.41) is 12.7. The number of rotatable bonds is 11. The highest BCUT2D eigenvalue weighted by Gasteiger charge is 2.37. The van der Waals surface area contributed by atoms with Crippen LogP contribution in [0.25, 0.3) is 21.5 Å². The van der Waals surface area contributed by atoms with Gasteiger partial charge in [0.25, 0.3) is 5.91 Å². The Kier molecular flexibility index (Phi) is 7.59. The van der Waals surface area contributed by atoms with Gasteiger partial charge in [-0.3, -0.25) is 4.79 Å². The Bertz CT molecular complexity index is 1740. The number of ether oxygens (including phenoxy) is 2. The molecular formula is C26H25FN6O5S2. The highest BCUT2D eigenvalue weighted by Crippen LogP contribution is 2.37. The number of nitrogens with one attached hydrogen (secondary N) is 2. The molecule has 208 valence electrons. The van der Waals surface area contributed by atoms with E-state index in [4.69, 9.17) is 9.47 Å². The first kappa shape index (κ1) is 27.4. The third-order valence-corrected chi connectivity index (χ3v) is 9.22. The normalized spacial score (nSPS) is 13.2. The van der Waals surface area contributed by atoms with E-state index in [-0.39, 0.29) is 29.3 Å². The molecule has 3 heterocycles. The predicted octanol–water partition coefficient (Wildman–Crippen LogP) is 3.91. The highest BCUT2D eigenvalue weighted by molar-refractivity contribution is 7.91. The van der Waals surface area contributed by atoms with Crippen LogP contribution in [0.5, 0.6) is 11.5 Å². The molecular weight excluding hydrogens is 559 g/mol. The van der Waals surface area contributed by atoms with Gasteiger partial charge in [-0.15, -0.1) is 11.3 Å². The van der Waals surface area contributed by atoms with Crippen LogP contribution in [0, 0.1) is 17.1 Å². The molecule has 0 unspecified atom stereocenters. The molecule has 3 aromatic heterocycles. The van der Waals surface area contributed by atoms with Crippen LogP contribution in [-0.4, -0.2) is 54.4 Å². The van der Waals surface area contributed by atoms with Crippen LogP contribution < -0.4 is 19.5 Å². The van der Waals surface area contributed by atoms with Gasteiger partial charge in [-0.2, -0.15) is 5.26 Å². The molecule has 1 aromatic carbocycles. The van der Waals surface area contributed by atoms with E-state index in [1.165, 1.54) is 25.6 Å². The van der Waals surface area contributed by atoms with Gasteiger partial charge in [0.1, 0.15) is 46.1 Å². The molecule has 1 amide bonds. The van der Waals surface area contributed by atoms with Crippen LogP contribution in [0.2, 0.25) is 0 Å². The molecule has 0 bridgehead atoms. The molecule has 0 spiro atoms. The van der Waals surface area contributed by atoms with Crippen molar-refractivity contribution < 1.29 is 27.1 Å². The minimum atomic E-state index is -3.72. The van der Waals surface area contributed by atoms with Crippen LogP contribution in [0.3, 0.4) is 0 Å². The minimum absolute atomic E-state index is 0.134. The first-order chi connectivity index (χ1) is 19.2. The molecule has 1 saturated carbocycles. The van der Waals surface area contributed by atoms with Gasteiger partial charge < -0.3 is 19.4 Å². The number of carbonyl (C=O) groups is 1. The summed E-state index contributed by atoms with van der Waals surface area (Å²) in [6.07, 6.45) is 2.43. The summed E-state index contributed by atoms with van der Waals surface area (Å²) in [6, 6.07) is 9.83. The Hall–Kier alpha value is -4.22. The predicted molar refractivity (Wildman–Crippen MR) is 148 cm³/mol. The lowest BCUT2D eigenvalue weighted by molar-refractivity contribution is 0.0982. The number of hydrogen-bond donors (Lipinski definition) is 2. The highest BCUT2D eigenvalue weighted by atomic mass is 32.2. The Labute approximate surface area is 233 Å². The van der Waals surface area contributed by atoms with E-state index in [0.29, 0.717) is 52.6 Å². The molecule has 0 atom stereocenters. The number of nitrogens with zero attached hydrogens (tertiary/aromatic N) is 4. The standard InChI is InChI=1S/C26H25FN6O5S2/c1-3-38-21-12-22(39-25(21)26(34)32-40(35,36)16-4-5-16)19-11-23(31-14-30-19)29-8-9-33-15(13-28)10-17-20(37-2)7-6-18(27)24(17)33/h6-7,10-12,14,16H,3-5,8-9H2,1-2H3,(H,32,34)(H,29,30,31). The van der Waals surface area contributed by atoms with E-state index in [1.54, 1.807) is 29.7 Å². The number of hydrogen-bond acceptors (Lipinski definition) is 10. The van der Waals surface area contributed by atoms with Gasteiger partial charge >= 0.3 is 0 Å². The zero-order valence-electron chi connectivity index (χ0n) is 21.6. The zero-order chi connectivity index (χ0) is 28.4. The van der Waals surface area contributed by atoms with Crippen LogP contribution >= 0.6 is 11.3 Å². The Morgan fingerprint density at radius 3 is 2.75 bits per heavy atom. The molecule has 1 fully saturated rings. The van der Waals surface area contributed by atoms with Crippen molar-refractivity contribution in [1.29, 1.82) is 5.26 Å². The number of sulfonamides is 1. The maximum absolute atomic E-state index is 14.7.